The normalized spacial score (nSPS) is 13.6. The molecular weight excluding hydrogens is 414 g/mol. The van der Waals surface area contributed by atoms with Gasteiger partial charge in [0.25, 0.3) is 17.7 Å². The summed E-state index contributed by atoms with van der Waals surface area (Å²) in [6.07, 6.45) is -0.417. The zero-order chi connectivity index (χ0) is 21.8. The predicted molar refractivity (Wildman–Crippen MR) is 104 cm³/mol. The number of rotatable bonds is 7. The minimum Gasteiger partial charge on any atom is -0.370 e. The van der Waals surface area contributed by atoms with Crippen LogP contribution in [0.4, 0.5) is 0 Å². The summed E-state index contributed by atoms with van der Waals surface area (Å²) in [5, 5.41) is 3.17. The third-order valence-corrected chi connectivity index (χ3v) is 4.57. The summed E-state index contributed by atoms with van der Waals surface area (Å²) in [5.74, 6) is -4.04. The fourth-order valence-corrected chi connectivity index (χ4v) is 2.91. The van der Waals surface area contributed by atoms with Gasteiger partial charge in [0.15, 0.2) is 0 Å². The van der Waals surface area contributed by atoms with Crippen molar-refractivity contribution < 1.29 is 28.8 Å². The minimum atomic E-state index is -1.33. The van der Waals surface area contributed by atoms with Crippen LogP contribution in [-0.4, -0.2) is 40.7 Å². The van der Waals surface area contributed by atoms with Crippen LogP contribution in [0.15, 0.2) is 48.5 Å². The number of amides is 4. The zero-order valence-corrected chi connectivity index (χ0v) is 16.2. The fourth-order valence-electron chi connectivity index (χ4n) is 2.78. The molecule has 0 fully saturated rings. The van der Waals surface area contributed by atoms with Gasteiger partial charge in [-0.2, -0.15) is 0 Å². The van der Waals surface area contributed by atoms with E-state index >= 15 is 0 Å². The van der Waals surface area contributed by atoms with Gasteiger partial charge in [-0.15, -0.1) is 0 Å². The van der Waals surface area contributed by atoms with Crippen molar-refractivity contribution in [3.05, 3.63) is 70.2 Å². The molecule has 10 heteroatoms. The lowest BCUT2D eigenvalue weighted by molar-refractivity contribution is -0.171. The highest BCUT2D eigenvalue weighted by Crippen LogP contribution is 2.23. The molecule has 1 atom stereocenters. The van der Waals surface area contributed by atoms with Gasteiger partial charge in [0, 0.05) is 17.0 Å². The standard InChI is InChI=1S/C20H16ClN3O6/c21-12-7-5-11(6-8-12)17(26)23-15(9-10-16(22)25)20(29)30-24-18(27)13-3-1-2-4-14(13)19(24)28/h1-8,15H,9-10H2,(H2,22,25)(H,23,26). The molecular formula is C20H16ClN3O6. The lowest BCUT2D eigenvalue weighted by Crippen LogP contribution is -2.46. The largest absolute Gasteiger partial charge is 0.370 e. The van der Waals surface area contributed by atoms with Crippen molar-refractivity contribution in [1.82, 2.24) is 10.4 Å². The number of fused-ring (bicyclic) bond motifs is 1. The number of imide groups is 1. The van der Waals surface area contributed by atoms with Crippen LogP contribution < -0.4 is 11.1 Å². The second kappa shape index (κ2) is 8.75. The summed E-state index contributed by atoms with van der Waals surface area (Å²) >= 11 is 5.79. The van der Waals surface area contributed by atoms with E-state index in [4.69, 9.17) is 22.2 Å². The number of hydroxylamine groups is 2. The fraction of sp³-hybridized carbons (Fsp3) is 0.150. The van der Waals surface area contributed by atoms with Gasteiger partial charge in [-0.3, -0.25) is 19.2 Å². The number of nitrogens with two attached hydrogens (primary N) is 1. The Hall–Kier alpha value is -3.72. The number of nitrogens with zero attached hydrogens (tertiary/aromatic N) is 1. The van der Waals surface area contributed by atoms with Gasteiger partial charge in [-0.25, -0.2) is 4.79 Å². The molecule has 2 aromatic carbocycles. The smallest absolute Gasteiger partial charge is 0.355 e. The van der Waals surface area contributed by atoms with Crippen LogP contribution in [0.3, 0.4) is 0 Å². The number of hydrogen-bond donors (Lipinski definition) is 2. The number of carbonyl (C=O) groups is 5. The molecule has 154 valence electrons. The molecule has 0 aliphatic carbocycles. The molecule has 9 nitrogen and oxygen atoms in total. The van der Waals surface area contributed by atoms with Crippen molar-refractivity contribution in [3.8, 4) is 0 Å². The third-order valence-electron chi connectivity index (χ3n) is 4.31. The van der Waals surface area contributed by atoms with Gasteiger partial charge >= 0.3 is 5.97 Å². The summed E-state index contributed by atoms with van der Waals surface area (Å²) in [6.45, 7) is 0. The highest BCUT2D eigenvalue weighted by molar-refractivity contribution is 6.30. The average Bonchev–Trinajstić information content (AvgIpc) is 2.96. The van der Waals surface area contributed by atoms with Crippen LogP contribution in [0.5, 0.6) is 0 Å². The summed E-state index contributed by atoms with van der Waals surface area (Å²) in [4.78, 5) is 65.9. The summed E-state index contributed by atoms with van der Waals surface area (Å²) in [7, 11) is 0. The Bertz CT molecular complexity index is 1000. The second-order valence-electron chi connectivity index (χ2n) is 6.40. The molecule has 1 aliphatic rings. The zero-order valence-electron chi connectivity index (χ0n) is 15.5. The number of benzene rings is 2. The van der Waals surface area contributed by atoms with Crippen LogP contribution in [0, 0.1) is 0 Å². The molecule has 1 unspecified atom stereocenters. The second-order valence-corrected chi connectivity index (χ2v) is 6.83. The molecule has 0 radical (unpaired) electrons. The molecule has 3 rings (SSSR count). The van der Waals surface area contributed by atoms with E-state index in [1.165, 1.54) is 36.4 Å². The first-order valence-corrected chi connectivity index (χ1v) is 9.20. The molecule has 0 aromatic heterocycles. The van der Waals surface area contributed by atoms with Crippen molar-refractivity contribution in [2.24, 2.45) is 5.73 Å². The monoisotopic (exact) mass is 429 g/mol. The molecule has 3 N–H and O–H groups in total. The number of hydrogen-bond acceptors (Lipinski definition) is 6. The van der Waals surface area contributed by atoms with Crippen molar-refractivity contribution >= 4 is 41.2 Å². The van der Waals surface area contributed by atoms with Gasteiger partial charge in [0.2, 0.25) is 5.91 Å². The Kier molecular flexibility index (Phi) is 6.12. The quantitative estimate of drug-likeness (QED) is 0.639. The Labute approximate surface area is 175 Å². The Morgan fingerprint density at radius 2 is 1.57 bits per heavy atom. The highest BCUT2D eigenvalue weighted by atomic mass is 35.5. The predicted octanol–water partition coefficient (Wildman–Crippen LogP) is 1.46. The topological polar surface area (TPSA) is 136 Å². The van der Waals surface area contributed by atoms with Gasteiger partial charge in [-0.1, -0.05) is 28.8 Å². The van der Waals surface area contributed by atoms with E-state index in [-0.39, 0.29) is 29.5 Å². The summed E-state index contributed by atoms with van der Waals surface area (Å²) in [6, 6.07) is 10.5. The van der Waals surface area contributed by atoms with Crippen LogP contribution in [0.25, 0.3) is 0 Å². The highest BCUT2D eigenvalue weighted by Gasteiger charge is 2.40. The molecule has 0 saturated carbocycles. The van der Waals surface area contributed by atoms with E-state index in [0.717, 1.165) is 0 Å². The number of carbonyl (C=O) groups excluding carboxylic acids is 5. The maximum atomic E-state index is 12.6. The van der Waals surface area contributed by atoms with E-state index < -0.39 is 35.6 Å². The third kappa shape index (κ3) is 4.47. The number of nitrogens with one attached hydrogen (secondary N) is 1. The molecule has 0 saturated heterocycles. The van der Waals surface area contributed by atoms with E-state index in [9.17, 15) is 24.0 Å². The molecule has 1 aliphatic heterocycles. The van der Waals surface area contributed by atoms with Gasteiger partial charge in [-0.05, 0) is 42.8 Å². The van der Waals surface area contributed by atoms with Crippen LogP contribution in [0.2, 0.25) is 5.02 Å². The maximum absolute atomic E-state index is 12.6. The van der Waals surface area contributed by atoms with Crippen molar-refractivity contribution in [3.63, 3.8) is 0 Å². The summed E-state index contributed by atoms with van der Waals surface area (Å²) in [5.41, 5.74) is 5.52. The van der Waals surface area contributed by atoms with Crippen LogP contribution >= 0.6 is 11.6 Å². The van der Waals surface area contributed by atoms with Gasteiger partial charge in [0.05, 0.1) is 11.1 Å². The maximum Gasteiger partial charge on any atom is 0.355 e. The lowest BCUT2D eigenvalue weighted by atomic mass is 10.1. The lowest BCUT2D eigenvalue weighted by Gasteiger charge is -2.20. The van der Waals surface area contributed by atoms with Crippen molar-refractivity contribution in [2.45, 2.75) is 18.9 Å². The Balaban J connectivity index is 1.75. The Morgan fingerprint density at radius 1 is 1.00 bits per heavy atom. The Morgan fingerprint density at radius 3 is 2.10 bits per heavy atom. The minimum absolute atomic E-state index is 0.0918. The summed E-state index contributed by atoms with van der Waals surface area (Å²) < 4.78 is 0. The average molecular weight is 430 g/mol. The van der Waals surface area contributed by atoms with Gasteiger partial charge < -0.3 is 15.9 Å². The molecule has 2 aromatic rings. The number of halogens is 1. The molecule has 30 heavy (non-hydrogen) atoms. The van der Waals surface area contributed by atoms with Crippen LogP contribution in [0.1, 0.15) is 43.9 Å². The van der Waals surface area contributed by atoms with E-state index in [0.29, 0.717) is 10.1 Å². The van der Waals surface area contributed by atoms with Gasteiger partial charge in [0.1, 0.15) is 6.04 Å². The first kappa shape index (κ1) is 21.0. The van der Waals surface area contributed by atoms with Crippen molar-refractivity contribution in [2.75, 3.05) is 0 Å². The SMILES string of the molecule is NC(=O)CCC(NC(=O)c1ccc(Cl)cc1)C(=O)ON1C(=O)c2ccccc2C1=O. The number of primary amides is 1. The van der Waals surface area contributed by atoms with Crippen LogP contribution in [-0.2, 0) is 14.4 Å². The van der Waals surface area contributed by atoms with E-state index in [1.54, 1.807) is 12.1 Å². The van der Waals surface area contributed by atoms with Crippen molar-refractivity contribution in [1.29, 1.82) is 0 Å². The molecule has 0 spiro atoms. The molecule has 4 amide bonds. The van der Waals surface area contributed by atoms with E-state index in [1.807, 2.05) is 0 Å². The first-order valence-electron chi connectivity index (χ1n) is 8.82. The first-order chi connectivity index (χ1) is 14.3. The molecule has 0 bridgehead atoms. The molecule has 1 heterocycles. The van der Waals surface area contributed by atoms with E-state index in [2.05, 4.69) is 5.32 Å².